The van der Waals surface area contributed by atoms with Crippen LogP contribution < -0.4 is 9.46 Å². The zero-order valence-corrected chi connectivity index (χ0v) is 19.7. The molecular formula is C23H16F4N6O3S. The van der Waals surface area contributed by atoms with E-state index in [0.29, 0.717) is 5.56 Å². The van der Waals surface area contributed by atoms with Gasteiger partial charge in [0.2, 0.25) is 5.95 Å². The molecule has 0 aliphatic rings. The number of halogens is 4. The van der Waals surface area contributed by atoms with Crippen LogP contribution in [0.25, 0.3) is 11.3 Å². The Morgan fingerprint density at radius 2 is 1.76 bits per heavy atom. The number of ether oxygens (including phenoxy) is 1. The van der Waals surface area contributed by atoms with Crippen molar-refractivity contribution < 1.29 is 30.7 Å². The first-order chi connectivity index (χ1) is 17.5. The first kappa shape index (κ1) is 25.6. The number of hydrogen-bond donors (Lipinski definition) is 1. The van der Waals surface area contributed by atoms with Crippen molar-refractivity contribution in [3.05, 3.63) is 78.0 Å². The number of rotatable bonds is 7. The van der Waals surface area contributed by atoms with E-state index in [2.05, 4.69) is 19.8 Å². The largest absolute Gasteiger partial charge is 0.456 e. The minimum atomic E-state index is -4.58. The summed E-state index contributed by atoms with van der Waals surface area (Å²) in [6.45, 7) is 1.90. The van der Waals surface area contributed by atoms with Gasteiger partial charge in [-0.2, -0.15) is 23.5 Å². The van der Waals surface area contributed by atoms with Gasteiger partial charge in [0.05, 0.1) is 28.5 Å². The number of anilines is 1. The molecule has 0 radical (unpaired) electrons. The third-order valence-electron chi connectivity index (χ3n) is 4.98. The van der Waals surface area contributed by atoms with Crippen LogP contribution in [0.3, 0.4) is 0 Å². The Morgan fingerprint density at radius 3 is 2.35 bits per heavy atom. The lowest BCUT2D eigenvalue weighted by molar-refractivity contribution is -0.141. The molecule has 0 saturated heterocycles. The average molecular weight is 532 g/mol. The predicted molar refractivity (Wildman–Crippen MR) is 122 cm³/mol. The second kappa shape index (κ2) is 9.86. The molecule has 190 valence electrons. The molecule has 0 spiro atoms. The molecule has 2 aromatic heterocycles. The molecule has 1 N–H and O–H groups in total. The van der Waals surface area contributed by atoms with Gasteiger partial charge in [-0.3, -0.25) is 4.68 Å². The summed E-state index contributed by atoms with van der Waals surface area (Å²) in [4.78, 5) is 6.78. The van der Waals surface area contributed by atoms with Crippen molar-refractivity contribution in [1.82, 2.24) is 19.7 Å². The molecule has 0 amide bonds. The van der Waals surface area contributed by atoms with Crippen LogP contribution in [0.5, 0.6) is 11.5 Å². The molecule has 0 unspecified atom stereocenters. The maximum Gasteiger partial charge on any atom is 0.435 e. The minimum absolute atomic E-state index is 0.0465. The van der Waals surface area contributed by atoms with Gasteiger partial charge in [0.25, 0.3) is 10.0 Å². The van der Waals surface area contributed by atoms with Crippen molar-refractivity contribution in [3.8, 4) is 28.8 Å². The lowest BCUT2D eigenvalue weighted by Crippen LogP contribution is -2.15. The Kier molecular flexibility index (Phi) is 6.82. The van der Waals surface area contributed by atoms with E-state index in [0.717, 1.165) is 24.5 Å². The van der Waals surface area contributed by atoms with Crippen molar-refractivity contribution in [1.29, 1.82) is 5.26 Å². The van der Waals surface area contributed by atoms with E-state index in [1.165, 1.54) is 41.1 Å². The van der Waals surface area contributed by atoms with Crippen LogP contribution in [-0.4, -0.2) is 28.2 Å². The fourth-order valence-electron chi connectivity index (χ4n) is 3.25. The van der Waals surface area contributed by atoms with Crippen molar-refractivity contribution >= 4 is 16.0 Å². The summed E-state index contributed by atoms with van der Waals surface area (Å²) < 4.78 is 86.3. The molecule has 0 saturated carbocycles. The molecule has 9 nitrogen and oxygen atoms in total. The van der Waals surface area contributed by atoms with Crippen molar-refractivity contribution in [2.75, 3.05) is 4.72 Å². The van der Waals surface area contributed by atoms with Crippen molar-refractivity contribution in [2.45, 2.75) is 24.5 Å². The molecule has 4 aromatic rings. The molecule has 0 aliphatic heterocycles. The van der Waals surface area contributed by atoms with Crippen molar-refractivity contribution in [3.63, 3.8) is 0 Å². The van der Waals surface area contributed by atoms with Gasteiger partial charge in [0.15, 0.2) is 11.5 Å². The maximum atomic E-state index is 13.1. The van der Waals surface area contributed by atoms with Crippen LogP contribution >= 0.6 is 0 Å². The van der Waals surface area contributed by atoms with E-state index >= 15 is 0 Å². The SMILES string of the molecule is CCn1nc(C(F)(F)F)cc1-c1ccc(Oc2ccc(S(=O)(=O)Nc3ncc(F)cn3)cc2C#N)cc1. The molecular weight excluding hydrogens is 516 g/mol. The summed E-state index contributed by atoms with van der Waals surface area (Å²) in [6, 6.07) is 12.4. The van der Waals surface area contributed by atoms with Crippen molar-refractivity contribution in [2.24, 2.45) is 0 Å². The zero-order chi connectivity index (χ0) is 26.8. The lowest BCUT2D eigenvalue weighted by Gasteiger charge is -2.11. The highest BCUT2D eigenvalue weighted by Gasteiger charge is 2.35. The lowest BCUT2D eigenvalue weighted by atomic mass is 10.1. The van der Waals surface area contributed by atoms with Crippen LogP contribution in [-0.2, 0) is 22.7 Å². The Labute approximate surface area is 208 Å². The number of aryl methyl sites for hydroxylation is 1. The van der Waals surface area contributed by atoms with Gasteiger partial charge >= 0.3 is 6.18 Å². The van der Waals surface area contributed by atoms with E-state index in [1.54, 1.807) is 6.92 Å². The van der Waals surface area contributed by atoms with Gasteiger partial charge in [0.1, 0.15) is 17.6 Å². The summed E-state index contributed by atoms with van der Waals surface area (Å²) in [7, 11) is -4.19. The van der Waals surface area contributed by atoms with Gasteiger partial charge in [-0.15, -0.1) is 0 Å². The van der Waals surface area contributed by atoms with E-state index < -0.39 is 27.7 Å². The van der Waals surface area contributed by atoms with Gasteiger partial charge in [-0.25, -0.2) is 27.5 Å². The molecule has 2 aromatic carbocycles. The summed E-state index contributed by atoms with van der Waals surface area (Å²) in [6.07, 6.45) is -2.99. The summed E-state index contributed by atoms with van der Waals surface area (Å²) in [5, 5.41) is 13.1. The molecule has 0 bridgehead atoms. The first-order valence-corrected chi connectivity index (χ1v) is 12.0. The summed E-state index contributed by atoms with van der Waals surface area (Å²) in [5.41, 5.74) is -0.371. The van der Waals surface area contributed by atoms with Gasteiger partial charge < -0.3 is 4.74 Å². The fourth-order valence-corrected chi connectivity index (χ4v) is 4.23. The molecule has 0 atom stereocenters. The number of alkyl halides is 3. The van der Waals surface area contributed by atoms with Gasteiger partial charge in [-0.1, -0.05) is 0 Å². The Morgan fingerprint density at radius 1 is 1.08 bits per heavy atom. The number of nitrogens with one attached hydrogen (secondary N) is 1. The van der Waals surface area contributed by atoms with Crippen LogP contribution in [0.15, 0.2) is 65.8 Å². The monoisotopic (exact) mass is 532 g/mol. The van der Waals surface area contributed by atoms with Crippen LogP contribution in [0, 0.1) is 17.1 Å². The highest BCUT2D eigenvalue weighted by Crippen LogP contribution is 2.33. The summed E-state index contributed by atoms with van der Waals surface area (Å²) >= 11 is 0. The number of nitrogens with zero attached hydrogens (tertiary/aromatic N) is 5. The maximum absolute atomic E-state index is 13.1. The Hall–Kier alpha value is -4.51. The second-order valence-electron chi connectivity index (χ2n) is 7.45. The quantitative estimate of drug-likeness (QED) is 0.333. The first-order valence-electron chi connectivity index (χ1n) is 10.5. The molecule has 2 heterocycles. The van der Waals surface area contributed by atoms with Gasteiger partial charge in [0, 0.05) is 12.1 Å². The molecule has 4 rings (SSSR count). The van der Waals surface area contributed by atoms with E-state index in [-0.39, 0.29) is 40.1 Å². The molecule has 0 fully saturated rings. The smallest absolute Gasteiger partial charge is 0.435 e. The average Bonchev–Trinajstić information content (AvgIpc) is 3.31. The van der Waals surface area contributed by atoms with Crippen LogP contribution in [0.1, 0.15) is 18.2 Å². The molecule has 37 heavy (non-hydrogen) atoms. The van der Waals surface area contributed by atoms with E-state index in [9.17, 15) is 31.2 Å². The third-order valence-corrected chi connectivity index (χ3v) is 6.30. The highest BCUT2D eigenvalue weighted by molar-refractivity contribution is 7.92. The number of sulfonamides is 1. The minimum Gasteiger partial charge on any atom is -0.456 e. The second-order valence-corrected chi connectivity index (χ2v) is 9.14. The van der Waals surface area contributed by atoms with Gasteiger partial charge in [-0.05, 0) is 55.5 Å². The van der Waals surface area contributed by atoms with Crippen LogP contribution in [0.2, 0.25) is 0 Å². The molecule has 0 aliphatic carbocycles. The molecule has 14 heteroatoms. The predicted octanol–water partition coefficient (Wildman–Crippen LogP) is 4.98. The normalized spacial score (nSPS) is 11.7. The Bertz CT molecular complexity index is 1580. The number of hydrogen-bond acceptors (Lipinski definition) is 7. The Balaban J connectivity index is 1.55. The number of benzene rings is 2. The number of nitriles is 1. The van der Waals surface area contributed by atoms with Crippen LogP contribution in [0.4, 0.5) is 23.5 Å². The topological polar surface area (TPSA) is 123 Å². The fraction of sp³-hybridized carbons (Fsp3) is 0.130. The number of aromatic nitrogens is 4. The van der Waals surface area contributed by atoms with E-state index in [4.69, 9.17) is 4.74 Å². The van der Waals surface area contributed by atoms with E-state index in [1.807, 2.05) is 6.07 Å². The zero-order valence-electron chi connectivity index (χ0n) is 18.9. The standard InChI is InChI=1S/C23H16F4N6O3S/c1-2-33-19(10-21(31-33)23(25,26)27)14-3-5-17(6-4-14)36-20-8-7-18(9-15(20)11-28)37(34,35)32-22-29-12-16(24)13-30-22/h3-10,12-13H,2H2,1H3,(H,29,30,32). The highest BCUT2D eigenvalue weighted by atomic mass is 32.2. The third kappa shape index (κ3) is 5.67. The summed E-state index contributed by atoms with van der Waals surface area (Å²) in [5.74, 6) is -0.795.